The molecule has 2 fully saturated rings. The maximum atomic E-state index is 13.1. The Kier molecular flexibility index (Phi) is 6.20. The van der Waals surface area contributed by atoms with Gasteiger partial charge in [0.2, 0.25) is 17.6 Å². The average molecular weight is 429 g/mol. The van der Waals surface area contributed by atoms with Gasteiger partial charge in [-0.2, -0.15) is 4.98 Å². The maximum absolute atomic E-state index is 13.1. The molecule has 0 aliphatic carbocycles. The molecule has 5 rings (SSSR count). The Hall–Kier alpha value is -2.64. The molecule has 3 atom stereocenters. The van der Waals surface area contributed by atoms with Crippen LogP contribution in [0.1, 0.15) is 30.3 Å². The Morgan fingerprint density at radius 3 is 2.83 bits per heavy atom. The van der Waals surface area contributed by atoms with Crippen molar-refractivity contribution >= 4 is 18.3 Å². The lowest BCUT2D eigenvalue weighted by atomic mass is 9.89. The van der Waals surface area contributed by atoms with Crippen LogP contribution < -0.4 is 5.32 Å². The number of amides is 1. The van der Waals surface area contributed by atoms with Gasteiger partial charge in [0.15, 0.2) is 5.76 Å². The van der Waals surface area contributed by atoms with Crippen molar-refractivity contribution in [2.45, 2.75) is 25.3 Å². The van der Waals surface area contributed by atoms with Crippen molar-refractivity contribution in [2.75, 3.05) is 19.6 Å². The second-order valence-electron chi connectivity index (χ2n) is 7.83. The summed E-state index contributed by atoms with van der Waals surface area (Å²) in [5.41, 5.74) is 1.23. The molecule has 2 aliphatic rings. The highest BCUT2D eigenvalue weighted by molar-refractivity contribution is 5.85. The normalized spacial score (nSPS) is 22.7. The standard InChI is InChI=1S/C22H24N4O3.ClH/c27-20(10-4-9-19-24-22(25-29-19)18-8-5-11-28-18)26-14-16-12-23-13-17(16)21(26)15-6-2-1-3-7-15;/h1-3,5-8,11,16-17,21,23H,4,9-10,12-14H2;1H/t16-,17-,21+;/m0./s1. The number of likely N-dealkylation sites (tertiary alicyclic amines) is 1. The molecule has 30 heavy (non-hydrogen) atoms. The highest BCUT2D eigenvalue weighted by Crippen LogP contribution is 2.42. The zero-order valence-electron chi connectivity index (χ0n) is 16.6. The molecule has 0 saturated carbocycles. The number of fused-ring (bicyclic) bond motifs is 1. The van der Waals surface area contributed by atoms with E-state index in [0.29, 0.717) is 48.6 Å². The van der Waals surface area contributed by atoms with Gasteiger partial charge in [-0.3, -0.25) is 4.79 Å². The number of aromatic nitrogens is 2. The fourth-order valence-corrected chi connectivity index (χ4v) is 4.65. The first-order valence-electron chi connectivity index (χ1n) is 10.2. The molecule has 7 nitrogen and oxygen atoms in total. The van der Waals surface area contributed by atoms with E-state index in [1.54, 1.807) is 18.4 Å². The zero-order valence-corrected chi connectivity index (χ0v) is 17.4. The molecule has 2 aromatic heterocycles. The Balaban J connectivity index is 0.00000218. The van der Waals surface area contributed by atoms with Crippen molar-refractivity contribution in [2.24, 2.45) is 11.8 Å². The quantitative estimate of drug-likeness (QED) is 0.646. The minimum absolute atomic E-state index is 0. The van der Waals surface area contributed by atoms with Crippen LogP contribution in [0.15, 0.2) is 57.7 Å². The highest BCUT2D eigenvalue weighted by atomic mass is 35.5. The Morgan fingerprint density at radius 1 is 1.17 bits per heavy atom. The molecule has 0 radical (unpaired) electrons. The van der Waals surface area contributed by atoms with E-state index in [2.05, 4.69) is 44.6 Å². The van der Waals surface area contributed by atoms with Gasteiger partial charge >= 0.3 is 0 Å². The lowest BCUT2D eigenvalue weighted by molar-refractivity contribution is -0.132. The molecule has 4 heterocycles. The van der Waals surface area contributed by atoms with Crippen LogP contribution in [0.2, 0.25) is 0 Å². The Morgan fingerprint density at radius 2 is 2.03 bits per heavy atom. The van der Waals surface area contributed by atoms with Crippen LogP contribution in [-0.4, -0.2) is 40.6 Å². The van der Waals surface area contributed by atoms with Gasteiger partial charge in [0.25, 0.3) is 0 Å². The van der Waals surface area contributed by atoms with Crippen molar-refractivity contribution in [1.82, 2.24) is 20.4 Å². The Bertz CT molecular complexity index is 960. The molecule has 2 saturated heterocycles. The van der Waals surface area contributed by atoms with E-state index in [1.807, 2.05) is 6.07 Å². The van der Waals surface area contributed by atoms with E-state index >= 15 is 0 Å². The first kappa shape index (κ1) is 20.6. The number of halogens is 1. The van der Waals surface area contributed by atoms with Crippen LogP contribution in [0.5, 0.6) is 0 Å². The summed E-state index contributed by atoms with van der Waals surface area (Å²) < 4.78 is 10.6. The predicted octanol–water partition coefficient (Wildman–Crippen LogP) is 3.49. The molecule has 0 bridgehead atoms. The number of furan rings is 1. The van der Waals surface area contributed by atoms with Gasteiger partial charge in [0.05, 0.1) is 12.3 Å². The number of nitrogens with zero attached hydrogens (tertiary/aromatic N) is 3. The number of nitrogens with one attached hydrogen (secondary N) is 1. The van der Waals surface area contributed by atoms with E-state index in [9.17, 15) is 4.79 Å². The minimum Gasteiger partial charge on any atom is -0.461 e. The smallest absolute Gasteiger partial charge is 0.238 e. The SMILES string of the molecule is Cl.O=C(CCCc1nc(-c2ccco2)no1)N1C[C@@H]2CNC[C@@H]2[C@H]1c1ccccc1. The molecule has 1 amide bonds. The third kappa shape index (κ3) is 4.00. The van der Waals surface area contributed by atoms with E-state index in [4.69, 9.17) is 8.94 Å². The summed E-state index contributed by atoms with van der Waals surface area (Å²) >= 11 is 0. The topological polar surface area (TPSA) is 84.4 Å². The van der Waals surface area contributed by atoms with Gasteiger partial charge in [-0.15, -0.1) is 12.4 Å². The summed E-state index contributed by atoms with van der Waals surface area (Å²) in [6, 6.07) is 14.2. The molecular weight excluding hydrogens is 404 g/mol. The maximum Gasteiger partial charge on any atom is 0.238 e. The lowest BCUT2D eigenvalue weighted by Crippen LogP contribution is -2.34. The molecule has 0 spiro atoms. The number of hydrogen-bond acceptors (Lipinski definition) is 6. The van der Waals surface area contributed by atoms with Crippen molar-refractivity contribution in [1.29, 1.82) is 0 Å². The van der Waals surface area contributed by atoms with Gasteiger partial charge in [-0.05, 0) is 30.0 Å². The predicted molar refractivity (Wildman–Crippen MR) is 113 cm³/mol. The Labute approximate surface area is 181 Å². The third-order valence-electron chi connectivity index (χ3n) is 6.02. The molecule has 158 valence electrons. The van der Waals surface area contributed by atoms with Gasteiger partial charge in [-0.25, -0.2) is 0 Å². The highest BCUT2D eigenvalue weighted by Gasteiger charge is 2.46. The summed E-state index contributed by atoms with van der Waals surface area (Å²) in [6.45, 7) is 2.81. The number of carbonyl (C=O) groups is 1. The molecule has 1 N–H and O–H groups in total. The number of carbonyl (C=O) groups excluding carboxylic acids is 1. The minimum atomic E-state index is 0. The van der Waals surface area contributed by atoms with Gasteiger partial charge in [-0.1, -0.05) is 35.5 Å². The monoisotopic (exact) mass is 428 g/mol. The fraction of sp³-hybridized carbons (Fsp3) is 0.409. The van der Waals surface area contributed by atoms with Crippen molar-refractivity contribution in [3.05, 3.63) is 60.2 Å². The van der Waals surface area contributed by atoms with Crippen LogP contribution >= 0.6 is 12.4 Å². The third-order valence-corrected chi connectivity index (χ3v) is 6.02. The second-order valence-corrected chi connectivity index (χ2v) is 7.83. The van der Waals surface area contributed by atoms with Crippen molar-refractivity contribution < 1.29 is 13.7 Å². The molecule has 1 aromatic carbocycles. The number of benzene rings is 1. The van der Waals surface area contributed by atoms with Crippen molar-refractivity contribution in [3.63, 3.8) is 0 Å². The first-order valence-corrected chi connectivity index (χ1v) is 10.2. The van der Waals surface area contributed by atoms with Gasteiger partial charge < -0.3 is 19.2 Å². The van der Waals surface area contributed by atoms with E-state index in [1.165, 1.54) is 5.56 Å². The van der Waals surface area contributed by atoms with Crippen LogP contribution in [-0.2, 0) is 11.2 Å². The number of aryl methyl sites for hydroxylation is 1. The van der Waals surface area contributed by atoms with Gasteiger partial charge in [0.1, 0.15) is 0 Å². The fourth-order valence-electron chi connectivity index (χ4n) is 4.65. The molecule has 8 heteroatoms. The molecule has 0 unspecified atom stereocenters. The zero-order chi connectivity index (χ0) is 19.6. The molecule has 2 aliphatic heterocycles. The van der Waals surface area contributed by atoms with E-state index in [-0.39, 0.29) is 24.4 Å². The van der Waals surface area contributed by atoms with Crippen LogP contribution in [0, 0.1) is 11.8 Å². The number of rotatable bonds is 6. The molecule has 3 aromatic rings. The van der Waals surface area contributed by atoms with Crippen LogP contribution in [0.4, 0.5) is 0 Å². The lowest BCUT2D eigenvalue weighted by Gasteiger charge is -2.28. The number of hydrogen-bond donors (Lipinski definition) is 1. The summed E-state index contributed by atoms with van der Waals surface area (Å²) in [6.07, 6.45) is 3.32. The van der Waals surface area contributed by atoms with E-state index < -0.39 is 0 Å². The summed E-state index contributed by atoms with van der Waals surface area (Å²) in [5, 5.41) is 7.43. The average Bonchev–Trinajstić information content (AvgIpc) is 3.51. The first-order chi connectivity index (χ1) is 14.3. The second kappa shape index (κ2) is 9.02. The summed E-state index contributed by atoms with van der Waals surface area (Å²) in [5.74, 6) is 2.80. The van der Waals surface area contributed by atoms with Gasteiger partial charge in [0, 0.05) is 38.4 Å². The van der Waals surface area contributed by atoms with Crippen molar-refractivity contribution in [3.8, 4) is 11.6 Å². The van der Waals surface area contributed by atoms with Crippen LogP contribution in [0.3, 0.4) is 0 Å². The summed E-state index contributed by atoms with van der Waals surface area (Å²) in [4.78, 5) is 19.5. The van der Waals surface area contributed by atoms with Crippen LogP contribution in [0.25, 0.3) is 11.6 Å². The molecular formula is C22H25ClN4O3. The largest absolute Gasteiger partial charge is 0.461 e. The van der Waals surface area contributed by atoms with E-state index in [0.717, 1.165) is 19.6 Å². The summed E-state index contributed by atoms with van der Waals surface area (Å²) in [7, 11) is 0.